The van der Waals surface area contributed by atoms with E-state index in [0.29, 0.717) is 19.3 Å². The third-order valence-corrected chi connectivity index (χ3v) is 3.51. The van der Waals surface area contributed by atoms with Crippen LogP contribution in [-0.4, -0.2) is 24.9 Å². The summed E-state index contributed by atoms with van der Waals surface area (Å²) in [7, 11) is 0. The van der Waals surface area contributed by atoms with Gasteiger partial charge in [-0.2, -0.15) is 0 Å². The number of unbranched alkanes of at least 4 members (excludes halogenated alkanes) is 6. The van der Waals surface area contributed by atoms with E-state index in [4.69, 9.17) is 0 Å². The summed E-state index contributed by atoms with van der Waals surface area (Å²) >= 11 is 0. The van der Waals surface area contributed by atoms with Crippen LogP contribution in [0.1, 0.15) is 84.5 Å². The zero-order valence-corrected chi connectivity index (χ0v) is 14.0. The average molecular weight is 298 g/mol. The SMILES string of the molecule is CCCCCCNC(=O)CCCC(=O)NCCCCCC. The van der Waals surface area contributed by atoms with E-state index in [2.05, 4.69) is 24.5 Å². The molecule has 0 spiro atoms. The standard InChI is InChI=1S/C17H34N2O2/c1-3-5-7-9-14-18-16(20)12-11-13-17(21)19-15-10-8-6-4-2/h3-15H2,1-2H3,(H,18,20)(H,19,21). The van der Waals surface area contributed by atoms with E-state index in [1.165, 1.54) is 38.5 Å². The van der Waals surface area contributed by atoms with Gasteiger partial charge in [-0.05, 0) is 19.3 Å². The van der Waals surface area contributed by atoms with Crippen LogP contribution in [0.3, 0.4) is 0 Å². The molecular weight excluding hydrogens is 264 g/mol. The number of amides is 2. The minimum absolute atomic E-state index is 0.0715. The number of hydrogen-bond donors (Lipinski definition) is 2. The van der Waals surface area contributed by atoms with E-state index in [1.54, 1.807) is 0 Å². The molecule has 0 radical (unpaired) electrons. The molecule has 124 valence electrons. The molecule has 0 aliphatic carbocycles. The first-order valence-electron chi connectivity index (χ1n) is 8.74. The summed E-state index contributed by atoms with van der Waals surface area (Å²) in [6.45, 7) is 5.88. The van der Waals surface area contributed by atoms with E-state index in [1.807, 2.05) is 0 Å². The van der Waals surface area contributed by atoms with E-state index < -0.39 is 0 Å². The molecule has 4 nitrogen and oxygen atoms in total. The number of rotatable bonds is 14. The van der Waals surface area contributed by atoms with Gasteiger partial charge in [-0.15, -0.1) is 0 Å². The summed E-state index contributed by atoms with van der Waals surface area (Å²) in [6.07, 6.45) is 10.9. The minimum atomic E-state index is 0.0715. The second-order valence-electron chi connectivity index (χ2n) is 5.67. The molecule has 0 heterocycles. The maximum absolute atomic E-state index is 11.5. The van der Waals surface area contributed by atoms with E-state index >= 15 is 0 Å². The molecule has 0 aromatic carbocycles. The molecule has 0 aromatic rings. The molecule has 2 amide bonds. The average Bonchev–Trinajstić information content (AvgIpc) is 2.47. The lowest BCUT2D eigenvalue weighted by atomic mass is 10.2. The van der Waals surface area contributed by atoms with Gasteiger partial charge in [-0.1, -0.05) is 52.4 Å². The van der Waals surface area contributed by atoms with Crippen LogP contribution in [0.15, 0.2) is 0 Å². The predicted octanol–water partition coefficient (Wildman–Crippen LogP) is 3.55. The van der Waals surface area contributed by atoms with Crippen LogP contribution < -0.4 is 10.6 Å². The molecule has 0 rings (SSSR count). The van der Waals surface area contributed by atoms with Crippen LogP contribution >= 0.6 is 0 Å². The number of carbonyl (C=O) groups excluding carboxylic acids is 2. The van der Waals surface area contributed by atoms with Gasteiger partial charge in [0.2, 0.25) is 11.8 Å². The molecule has 4 heteroatoms. The monoisotopic (exact) mass is 298 g/mol. The van der Waals surface area contributed by atoms with Gasteiger partial charge in [-0.3, -0.25) is 9.59 Å². The summed E-state index contributed by atoms with van der Waals surface area (Å²) in [5.74, 6) is 0.143. The molecule has 0 aromatic heterocycles. The molecule has 21 heavy (non-hydrogen) atoms. The molecule has 0 saturated carbocycles. The number of nitrogens with one attached hydrogen (secondary N) is 2. The lowest BCUT2D eigenvalue weighted by Gasteiger charge is -2.06. The second kappa shape index (κ2) is 15.3. The number of hydrogen-bond acceptors (Lipinski definition) is 2. The van der Waals surface area contributed by atoms with Gasteiger partial charge in [0.25, 0.3) is 0 Å². The Labute approximate surface area is 130 Å². The van der Waals surface area contributed by atoms with Crippen molar-refractivity contribution in [1.29, 1.82) is 0 Å². The second-order valence-corrected chi connectivity index (χ2v) is 5.67. The topological polar surface area (TPSA) is 58.2 Å². The van der Waals surface area contributed by atoms with Crippen LogP contribution in [0.2, 0.25) is 0 Å². The molecule has 0 atom stereocenters. The van der Waals surface area contributed by atoms with Crippen LogP contribution in [-0.2, 0) is 9.59 Å². The summed E-state index contributed by atoms with van der Waals surface area (Å²) in [6, 6.07) is 0. The highest BCUT2D eigenvalue weighted by atomic mass is 16.2. The molecule has 0 unspecified atom stereocenters. The first-order chi connectivity index (χ1) is 10.2. The largest absolute Gasteiger partial charge is 0.356 e. The minimum Gasteiger partial charge on any atom is -0.356 e. The molecule has 0 aliphatic rings. The van der Waals surface area contributed by atoms with Gasteiger partial charge >= 0.3 is 0 Å². The Bertz CT molecular complexity index is 242. The zero-order valence-electron chi connectivity index (χ0n) is 14.0. The quantitative estimate of drug-likeness (QED) is 0.482. The van der Waals surface area contributed by atoms with E-state index in [0.717, 1.165) is 25.9 Å². The van der Waals surface area contributed by atoms with Gasteiger partial charge in [-0.25, -0.2) is 0 Å². The van der Waals surface area contributed by atoms with Crippen LogP contribution in [0.5, 0.6) is 0 Å². The summed E-state index contributed by atoms with van der Waals surface area (Å²) in [5.41, 5.74) is 0. The van der Waals surface area contributed by atoms with Crippen LogP contribution in [0.4, 0.5) is 0 Å². The molecule has 0 saturated heterocycles. The number of carbonyl (C=O) groups is 2. The molecule has 0 fully saturated rings. The summed E-state index contributed by atoms with van der Waals surface area (Å²) < 4.78 is 0. The zero-order chi connectivity index (χ0) is 15.8. The van der Waals surface area contributed by atoms with E-state index in [9.17, 15) is 9.59 Å². The fraction of sp³-hybridized carbons (Fsp3) is 0.882. The normalized spacial score (nSPS) is 10.4. The van der Waals surface area contributed by atoms with Gasteiger partial charge < -0.3 is 10.6 Å². The van der Waals surface area contributed by atoms with Crippen molar-refractivity contribution < 1.29 is 9.59 Å². The van der Waals surface area contributed by atoms with Crippen LogP contribution in [0, 0.1) is 0 Å². The highest BCUT2D eigenvalue weighted by molar-refractivity contribution is 5.78. The van der Waals surface area contributed by atoms with E-state index in [-0.39, 0.29) is 11.8 Å². The fourth-order valence-corrected chi connectivity index (χ4v) is 2.15. The smallest absolute Gasteiger partial charge is 0.220 e. The fourth-order valence-electron chi connectivity index (χ4n) is 2.15. The van der Waals surface area contributed by atoms with Crippen molar-refractivity contribution >= 4 is 11.8 Å². The van der Waals surface area contributed by atoms with Crippen molar-refractivity contribution in [2.24, 2.45) is 0 Å². The highest BCUT2D eigenvalue weighted by Crippen LogP contribution is 2.00. The molecular formula is C17H34N2O2. The molecule has 0 bridgehead atoms. The third-order valence-electron chi connectivity index (χ3n) is 3.51. The summed E-state index contributed by atoms with van der Waals surface area (Å²) in [5, 5.41) is 5.82. The maximum Gasteiger partial charge on any atom is 0.220 e. The van der Waals surface area contributed by atoms with Crippen molar-refractivity contribution in [3.63, 3.8) is 0 Å². The Morgan fingerprint density at radius 2 is 1.05 bits per heavy atom. The van der Waals surface area contributed by atoms with Gasteiger partial charge in [0.05, 0.1) is 0 Å². The Morgan fingerprint density at radius 3 is 1.43 bits per heavy atom. The van der Waals surface area contributed by atoms with Gasteiger partial charge in [0.1, 0.15) is 0 Å². The molecule has 2 N–H and O–H groups in total. The molecule has 0 aliphatic heterocycles. The Morgan fingerprint density at radius 1 is 0.619 bits per heavy atom. The van der Waals surface area contributed by atoms with Crippen molar-refractivity contribution in [3.8, 4) is 0 Å². The van der Waals surface area contributed by atoms with Crippen LogP contribution in [0.25, 0.3) is 0 Å². The first kappa shape index (κ1) is 19.9. The Balaban J connectivity index is 3.34. The van der Waals surface area contributed by atoms with Crippen molar-refractivity contribution in [2.45, 2.75) is 84.5 Å². The first-order valence-corrected chi connectivity index (χ1v) is 8.74. The maximum atomic E-state index is 11.5. The van der Waals surface area contributed by atoms with Gasteiger partial charge in [0, 0.05) is 25.9 Å². The highest BCUT2D eigenvalue weighted by Gasteiger charge is 2.04. The van der Waals surface area contributed by atoms with Crippen molar-refractivity contribution in [1.82, 2.24) is 10.6 Å². The lowest BCUT2D eigenvalue weighted by molar-refractivity contribution is -0.122. The lowest BCUT2D eigenvalue weighted by Crippen LogP contribution is -2.26. The predicted molar refractivity (Wildman–Crippen MR) is 88.2 cm³/mol. The Hall–Kier alpha value is -1.06. The van der Waals surface area contributed by atoms with Crippen molar-refractivity contribution in [3.05, 3.63) is 0 Å². The Kier molecular flexibility index (Phi) is 14.6. The van der Waals surface area contributed by atoms with Crippen molar-refractivity contribution in [2.75, 3.05) is 13.1 Å². The summed E-state index contributed by atoms with van der Waals surface area (Å²) in [4.78, 5) is 23.1. The third kappa shape index (κ3) is 15.2. The van der Waals surface area contributed by atoms with Gasteiger partial charge in [0.15, 0.2) is 0 Å².